The molecular weight excluding hydrogens is 308 g/mol. The number of methoxy groups -OCH3 is 4. The lowest BCUT2D eigenvalue weighted by Crippen LogP contribution is -2.42. The minimum absolute atomic E-state index is 0.165. The lowest BCUT2D eigenvalue weighted by Gasteiger charge is -2.14. The van der Waals surface area contributed by atoms with Gasteiger partial charge in [0.1, 0.15) is 6.42 Å². The molecule has 0 fully saturated rings. The zero-order chi connectivity index (χ0) is 17.4. The van der Waals surface area contributed by atoms with Crippen molar-refractivity contribution in [2.75, 3.05) is 28.4 Å². The van der Waals surface area contributed by atoms with Crippen LogP contribution in [0.5, 0.6) is 17.2 Å². The van der Waals surface area contributed by atoms with Gasteiger partial charge in [-0.05, 0) is 12.1 Å². The van der Waals surface area contributed by atoms with Gasteiger partial charge < -0.3 is 18.9 Å². The molecule has 23 heavy (non-hydrogen) atoms. The van der Waals surface area contributed by atoms with Crippen LogP contribution in [0, 0.1) is 0 Å². The van der Waals surface area contributed by atoms with Crippen molar-refractivity contribution < 1.29 is 33.3 Å². The Morgan fingerprint density at radius 1 is 0.913 bits per heavy atom. The van der Waals surface area contributed by atoms with Crippen LogP contribution in [0.15, 0.2) is 12.1 Å². The number of carbonyl (C=O) groups excluding carboxylic acids is 3. The van der Waals surface area contributed by atoms with Gasteiger partial charge in [-0.15, -0.1) is 0 Å². The maximum atomic E-state index is 12.0. The smallest absolute Gasteiger partial charge is 0.315 e. The first kappa shape index (κ1) is 18.1. The maximum absolute atomic E-state index is 12.0. The largest absolute Gasteiger partial charge is 0.493 e. The Morgan fingerprint density at radius 3 is 1.91 bits per heavy atom. The lowest BCUT2D eigenvalue weighted by atomic mass is 10.1. The minimum Gasteiger partial charge on any atom is -0.493 e. The number of esters is 1. The Bertz CT molecular complexity index is 576. The molecule has 0 atom stereocenters. The van der Waals surface area contributed by atoms with E-state index in [-0.39, 0.29) is 17.1 Å². The van der Waals surface area contributed by atoms with Gasteiger partial charge in [0.15, 0.2) is 11.5 Å². The monoisotopic (exact) mass is 326 g/mol. The quantitative estimate of drug-likeness (QED) is 0.431. The van der Waals surface area contributed by atoms with Gasteiger partial charge in [-0.3, -0.25) is 25.2 Å². The first-order valence-electron chi connectivity index (χ1n) is 6.42. The van der Waals surface area contributed by atoms with Gasteiger partial charge in [0.25, 0.3) is 5.91 Å². The number of hydrogen-bond acceptors (Lipinski definition) is 7. The van der Waals surface area contributed by atoms with E-state index in [2.05, 4.69) is 15.6 Å². The Balaban J connectivity index is 2.84. The van der Waals surface area contributed by atoms with E-state index in [9.17, 15) is 14.4 Å². The summed E-state index contributed by atoms with van der Waals surface area (Å²) in [5, 5.41) is 0. The van der Waals surface area contributed by atoms with Crippen molar-refractivity contribution >= 4 is 17.8 Å². The molecule has 0 spiro atoms. The summed E-state index contributed by atoms with van der Waals surface area (Å²) in [6, 6.07) is 2.84. The van der Waals surface area contributed by atoms with Crippen molar-refractivity contribution in [1.29, 1.82) is 0 Å². The van der Waals surface area contributed by atoms with E-state index < -0.39 is 24.2 Å². The molecule has 0 saturated heterocycles. The van der Waals surface area contributed by atoms with Crippen LogP contribution < -0.4 is 25.1 Å². The van der Waals surface area contributed by atoms with Crippen molar-refractivity contribution in [2.45, 2.75) is 6.42 Å². The standard InChI is InChI=1S/C14H18N2O7/c1-20-9-5-8(6-10(21-2)13(9)23-4)14(19)16-15-11(17)7-12(18)22-3/h5-6H,7H2,1-4H3,(H,15,17)(H,16,19). The molecule has 9 nitrogen and oxygen atoms in total. The highest BCUT2D eigenvalue weighted by molar-refractivity contribution is 5.99. The second-order valence-electron chi connectivity index (χ2n) is 4.17. The third-order valence-electron chi connectivity index (χ3n) is 2.77. The number of amides is 2. The molecule has 1 aromatic carbocycles. The fourth-order valence-corrected chi connectivity index (χ4v) is 1.66. The van der Waals surface area contributed by atoms with Gasteiger partial charge in [-0.25, -0.2) is 0 Å². The summed E-state index contributed by atoms with van der Waals surface area (Å²) in [5.41, 5.74) is 4.43. The summed E-state index contributed by atoms with van der Waals surface area (Å²) in [6.45, 7) is 0. The Hall–Kier alpha value is -2.97. The van der Waals surface area contributed by atoms with Crippen LogP contribution in [0.3, 0.4) is 0 Å². The molecular formula is C14H18N2O7. The summed E-state index contributed by atoms with van der Waals surface area (Å²) in [4.78, 5) is 34.4. The van der Waals surface area contributed by atoms with E-state index >= 15 is 0 Å². The first-order chi connectivity index (χ1) is 11.0. The molecule has 0 aromatic heterocycles. The third kappa shape index (κ3) is 4.77. The van der Waals surface area contributed by atoms with Gasteiger partial charge in [-0.1, -0.05) is 0 Å². The lowest BCUT2D eigenvalue weighted by molar-refractivity contribution is -0.144. The van der Waals surface area contributed by atoms with Gasteiger partial charge in [0, 0.05) is 5.56 Å². The maximum Gasteiger partial charge on any atom is 0.315 e. The molecule has 126 valence electrons. The normalized spacial score (nSPS) is 9.57. The topological polar surface area (TPSA) is 112 Å². The third-order valence-corrected chi connectivity index (χ3v) is 2.77. The van der Waals surface area contributed by atoms with E-state index in [1.807, 2.05) is 0 Å². The number of ether oxygens (including phenoxy) is 4. The summed E-state index contributed by atoms with van der Waals surface area (Å²) < 4.78 is 19.7. The molecule has 0 saturated carbocycles. The number of hydrazine groups is 1. The summed E-state index contributed by atoms with van der Waals surface area (Å²) in [5.74, 6) is -1.14. The van der Waals surface area contributed by atoms with Gasteiger partial charge in [-0.2, -0.15) is 0 Å². The number of rotatable bonds is 6. The molecule has 2 amide bonds. The average molecular weight is 326 g/mol. The van der Waals surface area contributed by atoms with Crippen molar-refractivity contribution in [3.8, 4) is 17.2 Å². The fraction of sp³-hybridized carbons (Fsp3) is 0.357. The highest BCUT2D eigenvalue weighted by atomic mass is 16.5. The minimum atomic E-state index is -0.718. The van der Waals surface area contributed by atoms with Crippen LogP contribution in [0.1, 0.15) is 16.8 Å². The van der Waals surface area contributed by atoms with E-state index in [0.29, 0.717) is 5.75 Å². The molecule has 0 radical (unpaired) electrons. The zero-order valence-electron chi connectivity index (χ0n) is 13.2. The van der Waals surface area contributed by atoms with E-state index in [1.165, 1.54) is 33.5 Å². The number of hydrogen-bond donors (Lipinski definition) is 2. The molecule has 0 heterocycles. The second-order valence-corrected chi connectivity index (χ2v) is 4.17. The van der Waals surface area contributed by atoms with Crippen LogP contribution in [0.4, 0.5) is 0 Å². The molecule has 1 aromatic rings. The van der Waals surface area contributed by atoms with Crippen molar-refractivity contribution in [3.63, 3.8) is 0 Å². The van der Waals surface area contributed by atoms with E-state index in [4.69, 9.17) is 14.2 Å². The Morgan fingerprint density at radius 2 is 1.48 bits per heavy atom. The Labute approximate surface area is 132 Å². The number of benzene rings is 1. The molecule has 0 aliphatic rings. The molecule has 0 aliphatic carbocycles. The zero-order valence-corrected chi connectivity index (χ0v) is 13.2. The molecule has 2 N–H and O–H groups in total. The molecule has 0 bridgehead atoms. The summed E-state index contributed by atoms with van der Waals surface area (Å²) >= 11 is 0. The van der Waals surface area contributed by atoms with Crippen LogP contribution in [0.2, 0.25) is 0 Å². The second kappa shape index (κ2) is 8.47. The predicted molar refractivity (Wildman–Crippen MR) is 78.3 cm³/mol. The van der Waals surface area contributed by atoms with E-state index in [0.717, 1.165) is 7.11 Å². The summed E-state index contributed by atoms with van der Waals surface area (Å²) in [7, 11) is 5.42. The highest BCUT2D eigenvalue weighted by Crippen LogP contribution is 2.38. The van der Waals surface area contributed by atoms with Crippen molar-refractivity contribution in [1.82, 2.24) is 10.9 Å². The number of nitrogens with one attached hydrogen (secondary N) is 2. The molecule has 1 rings (SSSR count). The molecule has 0 aliphatic heterocycles. The van der Waals surface area contributed by atoms with Crippen molar-refractivity contribution in [2.24, 2.45) is 0 Å². The van der Waals surface area contributed by atoms with Gasteiger partial charge in [0.2, 0.25) is 11.7 Å². The Kier molecular flexibility index (Phi) is 6.66. The van der Waals surface area contributed by atoms with Crippen molar-refractivity contribution in [3.05, 3.63) is 17.7 Å². The predicted octanol–water partition coefficient (Wildman–Crippen LogP) is 0.0365. The fourth-order valence-electron chi connectivity index (χ4n) is 1.66. The van der Waals surface area contributed by atoms with Gasteiger partial charge in [0.05, 0.1) is 28.4 Å². The highest BCUT2D eigenvalue weighted by Gasteiger charge is 2.17. The van der Waals surface area contributed by atoms with Crippen LogP contribution in [-0.2, 0) is 14.3 Å². The summed E-state index contributed by atoms with van der Waals surface area (Å²) in [6.07, 6.45) is -0.508. The average Bonchev–Trinajstić information content (AvgIpc) is 2.57. The van der Waals surface area contributed by atoms with Crippen LogP contribution >= 0.6 is 0 Å². The molecule has 9 heteroatoms. The van der Waals surface area contributed by atoms with Gasteiger partial charge >= 0.3 is 5.97 Å². The van der Waals surface area contributed by atoms with Crippen LogP contribution in [0.25, 0.3) is 0 Å². The molecule has 0 unspecified atom stereocenters. The van der Waals surface area contributed by atoms with E-state index in [1.54, 1.807) is 0 Å². The SMILES string of the molecule is COC(=O)CC(=O)NNC(=O)c1cc(OC)c(OC)c(OC)c1. The first-order valence-corrected chi connectivity index (χ1v) is 6.42. The van der Waals surface area contributed by atoms with Crippen LogP contribution in [-0.4, -0.2) is 46.2 Å². The number of carbonyl (C=O) groups is 3.